The Morgan fingerprint density at radius 2 is 0.956 bits per heavy atom. The van der Waals surface area contributed by atoms with E-state index in [-0.39, 0.29) is 17.5 Å². The summed E-state index contributed by atoms with van der Waals surface area (Å²) in [5.41, 5.74) is 3.21. The lowest BCUT2D eigenvalue weighted by Gasteiger charge is -2.32. The Balaban J connectivity index is 1.51. The van der Waals surface area contributed by atoms with Crippen LogP contribution in [0, 0.1) is 13.8 Å². The van der Waals surface area contributed by atoms with Gasteiger partial charge in [0.25, 0.3) is 0 Å². The van der Waals surface area contributed by atoms with Gasteiger partial charge < -0.3 is 14.9 Å². The molecule has 2 aromatic carbocycles. The average Bonchev–Trinajstić information content (AvgIpc) is 3.03. The maximum Gasteiger partial charge on any atom is 0.305 e. The molecule has 0 fully saturated rings. The molecule has 0 saturated carbocycles. The Kier molecular flexibility index (Phi) is 19.7. The van der Waals surface area contributed by atoms with E-state index in [4.69, 9.17) is 4.74 Å². The number of phenolic OH excluding ortho intramolecular Hbond substituents is 2. The van der Waals surface area contributed by atoms with Crippen molar-refractivity contribution < 1.29 is 19.7 Å². The highest BCUT2D eigenvalue weighted by Gasteiger charge is 2.31. The summed E-state index contributed by atoms with van der Waals surface area (Å²) in [6.07, 6.45) is 28.0. The van der Waals surface area contributed by atoms with E-state index < -0.39 is 5.41 Å². The van der Waals surface area contributed by atoms with E-state index in [2.05, 4.69) is 13.8 Å². The highest BCUT2D eigenvalue weighted by molar-refractivity contribution is 5.69. The summed E-state index contributed by atoms with van der Waals surface area (Å²) in [6.45, 7) is 8.67. The van der Waals surface area contributed by atoms with Gasteiger partial charge in [-0.15, -0.1) is 0 Å². The monoisotopic (exact) mass is 622 g/mol. The van der Waals surface area contributed by atoms with Crippen LogP contribution < -0.4 is 0 Å². The maximum absolute atomic E-state index is 12.7. The smallest absolute Gasteiger partial charge is 0.305 e. The molecular weight excluding hydrogens is 556 g/mol. The molecule has 0 heterocycles. The number of aryl methyl sites for hydroxylation is 2. The van der Waals surface area contributed by atoms with Gasteiger partial charge in [-0.3, -0.25) is 4.79 Å². The number of esters is 1. The summed E-state index contributed by atoms with van der Waals surface area (Å²) < 4.78 is 5.61. The number of hydrogen-bond donors (Lipinski definition) is 2. The standard InChI is InChI=1S/C41H66O4/c1-5-6-7-8-9-10-11-12-13-14-15-16-17-18-19-20-21-22-23-24-31-45-40(44)29-30-41(4,36-25-27-38(42)34(2)32-36)37-26-28-39(43)35(3)33-37/h25-28,32-33,42-43H,5-24,29-31H2,1-4H3. The quantitative estimate of drug-likeness (QED) is 0.0809. The lowest BCUT2D eigenvalue weighted by atomic mass is 9.72. The molecular formula is C41H66O4. The molecule has 0 amide bonds. The minimum atomic E-state index is -0.455. The predicted molar refractivity (Wildman–Crippen MR) is 190 cm³/mol. The zero-order valence-corrected chi connectivity index (χ0v) is 29.4. The summed E-state index contributed by atoms with van der Waals surface area (Å²) in [6, 6.07) is 11.3. The van der Waals surface area contributed by atoms with E-state index in [9.17, 15) is 15.0 Å². The topological polar surface area (TPSA) is 66.8 Å². The van der Waals surface area contributed by atoms with E-state index in [0.717, 1.165) is 35.1 Å². The van der Waals surface area contributed by atoms with Gasteiger partial charge in [0, 0.05) is 11.8 Å². The van der Waals surface area contributed by atoms with Gasteiger partial charge in [0.15, 0.2) is 0 Å². The van der Waals surface area contributed by atoms with Gasteiger partial charge in [-0.05, 0) is 61.1 Å². The third-order valence-corrected chi connectivity index (χ3v) is 9.76. The van der Waals surface area contributed by atoms with Crippen LogP contribution in [0.1, 0.15) is 177 Å². The fraction of sp³-hybridized carbons (Fsp3) is 0.683. The molecule has 0 saturated heterocycles. The molecule has 4 heteroatoms. The first-order valence-electron chi connectivity index (χ1n) is 18.5. The van der Waals surface area contributed by atoms with Gasteiger partial charge in [0.2, 0.25) is 0 Å². The fourth-order valence-corrected chi connectivity index (χ4v) is 6.42. The number of unbranched alkanes of at least 4 members (excludes halogenated alkanes) is 19. The van der Waals surface area contributed by atoms with Crippen LogP contribution in [-0.4, -0.2) is 22.8 Å². The molecule has 254 valence electrons. The Labute approximate surface area is 276 Å². The second kappa shape index (κ2) is 22.9. The molecule has 0 unspecified atom stereocenters. The van der Waals surface area contributed by atoms with Gasteiger partial charge in [0.1, 0.15) is 11.5 Å². The van der Waals surface area contributed by atoms with Crippen molar-refractivity contribution in [3.8, 4) is 11.5 Å². The molecule has 4 nitrogen and oxygen atoms in total. The maximum atomic E-state index is 12.7. The van der Waals surface area contributed by atoms with Crippen LogP contribution >= 0.6 is 0 Å². The van der Waals surface area contributed by atoms with Crippen LogP contribution in [0.3, 0.4) is 0 Å². The minimum Gasteiger partial charge on any atom is -0.508 e. The Morgan fingerprint density at radius 3 is 1.31 bits per heavy atom. The van der Waals surface area contributed by atoms with E-state index >= 15 is 0 Å². The summed E-state index contributed by atoms with van der Waals surface area (Å²) >= 11 is 0. The van der Waals surface area contributed by atoms with E-state index in [1.807, 2.05) is 38.1 Å². The highest BCUT2D eigenvalue weighted by Crippen LogP contribution is 2.39. The number of carbonyl (C=O) groups excluding carboxylic acids is 1. The first-order valence-corrected chi connectivity index (χ1v) is 18.5. The van der Waals surface area contributed by atoms with E-state index in [0.29, 0.717) is 19.4 Å². The van der Waals surface area contributed by atoms with Crippen LogP contribution in [0.4, 0.5) is 0 Å². The summed E-state index contributed by atoms with van der Waals surface area (Å²) in [7, 11) is 0. The van der Waals surface area contributed by atoms with Crippen molar-refractivity contribution in [3.63, 3.8) is 0 Å². The first kappa shape index (κ1) is 38.7. The molecule has 0 bridgehead atoms. The zero-order chi connectivity index (χ0) is 32.8. The molecule has 45 heavy (non-hydrogen) atoms. The van der Waals surface area contributed by atoms with Gasteiger partial charge in [-0.2, -0.15) is 0 Å². The summed E-state index contributed by atoms with van der Waals surface area (Å²) in [5.74, 6) is 0.361. The predicted octanol–water partition coefficient (Wildman–Crippen LogP) is 12.2. The Hall–Kier alpha value is -2.49. The largest absolute Gasteiger partial charge is 0.508 e. The normalized spacial score (nSPS) is 11.6. The SMILES string of the molecule is CCCCCCCCCCCCCCCCCCCCCCOC(=O)CCC(C)(c1ccc(O)c(C)c1)c1ccc(O)c(C)c1. The molecule has 0 atom stereocenters. The van der Waals surface area contributed by atoms with Crippen molar-refractivity contribution in [1.29, 1.82) is 0 Å². The summed E-state index contributed by atoms with van der Waals surface area (Å²) in [4.78, 5) is 12.7. The third kappa shape index (κ3) is 15.6. The number of ether oxygens (including phenoxy) is 1. The molecule has 0 radical (unpaired) electrons. The van der Waals surface area contributed by atoms with Crippen molar-refractivity contribution in [2.75, 3.05) is 6.61 Å². The van der Waals surface area contributed by atoms with E-state index in [1.165, 1.54) is 116 Å². The molecule has 2 rings (SSSR count). The van der Waals surface area contributed by atoms with Crippen LogP contribution in [0.25, 0.3) is 0 Å². The van der Waals surface area contributed by atoms with Crippen LogP contribution in [0.15, 0.2) is 36.4 Å². The van der Waals surface area contributed by atoms with Gasteiger partial charge in [-0.25, -0.2) is 0 Å². The van der Waals surface area contributed by atoms with Crippen LogP contribution in [-0.2, 0) is 14.9 Å². The van der Waals surface area contributed by atoms with Gasteiger partial charge >= 0.3 is 5.97 Å². The van der Waals surface area contributed by atoms with Crippen molar-refractivity contribution in [2.24, 2.45) is 0 Å². The highest BCUT2D eigenvalue weighted by atomic mass is 16.5. The van der Waals surface area contributed by atoms with Crippen molar-refractivity contribution in [1.82, 2.24) is 0 Å². The molecule has 2 N–H and O–H groups in total. The number of benzene rings is 2. The van der Waals surface area contributed by atoms with Crippen LogP contribution in [0.2, 0.25) is 0 Å². The molecule has 0 aliphatic heterocycles. The number of rotatable bonds is 26. The molecule has 0 aliphatic rings. The molecule has 0 spiro atoms. The molecule has 0 aliphatic carbocycles. The summed E-state index contributed by atoms with van der Waals surface area (Å²) in [5, 5.41) is 20.1. The lowest BCUT2D eigenvalue weighted by Crippen LogP contribution is -2.25. The molecule has 0 aromatic heterocycles. The lowest BCUT2D eigenvalue weighted by molar-refractivity contribution is -0.144. The van der Waals surface area contributed by atoms with Gasteiger partial charge in [-0.1, -0.05) is 160 Å². The van der Waals surface area contributed by atoms with Crippen molar-refractivity contribution >= 4 is 5.97 Å². The van der Waals surface area contributed by atoms with Gasteiger partial charge in [0.05, 0.1) is 6.61 Å². The molecule has 2 aromatic rings. The van der Waals surface area contributed by atoms with Crippen LogP contribution in [0.5, 0.6) is 11.5 Å². The van der Waals surface area contributed by atoms with Crippen molar-refractivity contribution in [3.05, 3.63) is 58.7 Å². The average molecular weight is 623 g/mol. The van der Waals surface area contributed by atoms with E-state index in [1.54, 1.807) is 12.1 Å². The van der Waals surface area contributed by atoms with Crippen molar-refractivity contribution in [2.45, 2.75) is 174 Å². The minimum absolute atomic E-state index is 0.162. The second-order valence-electron chi connectivity index (χ2n) is 13.8. The second-order valence-corrected chi connectivity index (χ2v) is 13.8. The first-order chi connectivity index (χ1) is 21.8. The number of aromatic hydroxyl groups is 2. The third-order valence-electron chi connectivity index (χ3n) is 9.76. The zero-order valence-electron chi connectivity index (χ0n) is 29.4. The Morgan fingerprint density at radius 1 is 0.600 bits per heavy atom. The number of phenols is 2. The number of hydrogen-bond acceptors (Lipinski definition) is 4. The Bertz CT molecular complexity index is 1020. The fourth-order valence-electron chi connectivity index (χ4n) is 6.42. The number of carbonyl (C=O) groups is 1.